The van der Waals surface area contributed by atoms with E-state index in [2.05, 4.69) is 15.3 Å². The number of aromatic nitrogens is 2. The first-order valence-electron chi connectivity index (χ1n) is 6.15. The van der Waals surface area contributed by atoms with E-state index in [1.54, 1.807) is 13.1 Å². The lowest BCUT2D eigenvalue weighted by Crippen LogP contribution is -2.14. The summed E-state index contributed by atoms with van der Waals surface area (Å²) in [5, 5.41) is 3.54. The largest absolute Gasteiger partial charge is 0.419 e. The van der Waals surface area contributed by atoms with E-state index in [-0.39, 0.29) is 11.9 Å². The molecule has 0 radical (unpaired) electrons. The predicted octanol–water partition coefficient (Wildman–Crippen LogP) is 4.29. The van der Waals surface area contributed by atoms with E-state index >= 15 is 0 Å². The fraction of sp³-hybridized carbons (Fsp3) is 0.385. The maximum Gasteiger partial charge on any atom is 0.419 e. The molecule has 0 spiro atoms. The van der Waals surface area contributed by atoms with Gasteiger partial charge in [0.05, 0.1) is 11.6 Å². The molecule has 0 aliphatic rings. The van der Waals surface area contributed by atoms with Crippen LogP contribution in [0.3, 0.4) is 0 Å². The van der Waals surface area contributed by atoms with E-state index < -0.39 is 11.7 Å². The molecule has 2 heterocycles. The van der Waals surface area contributed by atoms with Crippen molar-refractivity contribution < 1.29 is 13.2 Å². The van der Waals surface area contributed by atoms with Crippen molar-refractivity contribution in [3.05, 3.63) is 40.0 Å². The maximum atomic E-state index is 12.9. The molecule has 7 heteroatoms. The van der Waals surface area contributed by atoms with Gasteiger partial charge in [0.2, 0.25) is 0 Å². The van der Waals surface area contributed by atoms with Crippen LogP contribution in [0.4, 0.5) is 19.0 Å². The number of nitrogens with one attached hydrogen (secondary N) is 1. The Morgan fingerprint density at radius 2 is 2.10 bits per heavy atom. The molecule has 0 fully saturated rings. The molecule has 3 nitrogen and oxygen atoms in total. The average Bonchev–Trinajstić information content (AvgIpc) is 2.87. The van der Waals surface area contributed by atoms with Gasteiger partial charge in [-0.1, -0.05) is 6.92 Å². The van der Waals surface area contributed by atoms with E-state index in [1.807, 2.05) is 6.92 Å². The second-order valence-electron chi connectivity index (χ2n) is 4.28. The van der Waals surface area contributed by atoms with Gasteiger partial charge >= 0.3 is 6.18 Å². The van der Waals surface area contributed by atoms with E-state index in [9.17, 15) is 13.2 Å². The zero-order valence-electron chi connectivity index (χ0n) is 11.0. The van der Waals surface area contributed by atoms with Crippen LogP contribution in [0.15, 0.2) is 24.5 Å². The third-order valence-corrected chi connectivity index (χ3v) is 4.08. The summed E-state index contributed by atoms with van der Waals surface area (Å²) in [5.74, 6) is -0.166. The summed E-state index contributed by atoms with van der Waals surface area (Å²) in [6.07, 6.45) is -0.472. The van der Waals surface area contributed by atoms with E-state index in [0.29, 0.717) is 0 Å². The molecule has 2 rings (SSSR count). The average molecular weight is 301 g/mol. The highest BCUT2D eigenvalue weighted by Gasteiger charge is 2.34. The number of hydrogen-bond acceptors (Lipinski definition) is 4. The molecule has 0 aliphatic heterocycles. The van der Waals surface area contributed by atoms with Crippen LogP contribution in [0, 0.1) is 0 Å². The van der Waals surface area contributed by atoms with Gasteiger partial charge in [-0.3, -0.25) is 0 Å². The minimum absolute atomic E-state index is 0.166. The van der Waals surface area contributed by atoms with Crippen LogP contribution in [0.2, 0.25) is 0 Å². The summed E-state index contributed by atoms with van der Waals surface area (Å²) in [6.45, 7) is 3.78. The molecule has 0 aliphatic carbocycles. The van der Waals surface area contributed by atoms with Crippen LogP contribution in [-0.4, -0.2) is 9.97 Å². The van der Waals surface area contributed by atoms with Crippen molar-refractivity contribution in [3.8, 4) is 0 Å². The molecule has 0 saturated heterocycles. The summed E-state index contributed by atoms with van der Waals surface area (Å²) in [7, 11) is 0. The standard InChI is InChI=1S/C13H14F3N3S/c1-3-9-7-18-12(20-9)8(2)19-11-10(13(14,15)16)5-4-6-17-11/h4-8H,3H2,1-2H3,(H,17,19). The lowest BCUT2D eigenvalue weighted by atomic mass is 10.2. The lowest BCUT2D eigenvalue weighted by molar-refractivity contribution is -0.137. The minimum atomic E-state index is -4.42. The highest BCUT2D eigenvalue weighted by molar-refractivity contribution is 7.11. The number of pyridine rings is 1. The van der Waals surface area contributed by atoms with Crippen LogP contribution < -0.4 is 5.32 Å². The molecule has 0 saturated carbocycles. The molecule has 2 aromatic heterocycles. The fourth-order valence-corrected chi connectivity index (χ4v) is 2.56. The van der Waals surface area contributed by atoms with Gasteiger partial charge in [0.1, 0.15) is 10.8 Å². The van der Waals surface area contributed by atoms with Gasteiger partial charge in [0.15, 0.2) is 0 Å². The SMILES string of the molecule is CCc1cnc(C(C)Nc2ncccc2C(F)(F)F)s1. The number of alkyl halides is 3. The van der Waals surface area contributed by atoms with Crippen LogP contribution in [0.25, 0.3) is 0 Å². The van der Waals surface area contributed by atoms with Gasteiger partial charge in [-0.2, -0.15) is 13.2 Å². The molecule has 0 bridgehead atoms. The Bertz CT molecular complexity index is 580. The Balaban J connectivity index is 2.21. The molecule has 20 heavy (non-hydrogen) atoms. The number of thiazole rings is 1. The zero-order chi connectivity index (χ0) is 14.8. The molecule has 1 unspecified atom stereocenters. The van der Waals surface area contributed by atoms with Crippen molar-refractivity contribution in [2.24, 2.45) is 0 Å². The highest BCUT2D eigenvalue weighted by Crippen LogP contribution is 2.35. The second-order valence-corrected chi connectivity index (χ2v) is 5.43. The number of nitrogens with zero attached hydrogens (tertiary/aromatic N) is 2. The molecule has 0 aromatic carbocycles. The molecular formula is C13H14F3N3S. The van der Waals surface area contributed by atoms with Gasteiger partial charge in [-0.05, 0) is 25.5 Å². The van der Waals surface area contributed by atoms with E-state index in [1.165, 1.54) is 23.6 Å². The quantitative estimate of drug-likeness (QED) is 0.915. The number of halogens is 3. The van der Waals surface area contributed by atoms with Crippen LogP contribution in [0.1, 0.15) is 35.3 Å². The van der Waals surface area contributed by atoms with Crippen molar-refractivity contribution in [1.29, 1.82) is 0 Å². The Kier molecular flexibility index (Phi) is 4.27. The summed E-state index contributed by atoms with van der Waals surface area (Å²) in [5.41, 5.74) is -0.765. The summed E-state index contributed by atoms with van der Waals surface area (Å²) >= 11 is 1.49. The van der Waals surface area contributed by atoms with Gasteiger partial charge in [0.25, 0.3) is 0 Å². The van der Waals surface area contributed by atoms with Crippen molar-refractivity contribution in [2.45, 2.75) is 32.5 Å². The second kappa shape index (κ2) is 5.78. The first-order valence-corrected chi connectivity index (χ1v) is 6.96. The molecule has 1 N–H and O–H groups in total. The lowest BCUT2D eigenvalue weighted by Gasteiger charge is -2.16. The predicted molar refractivity (Wildman–Crippen MR) is 72.8 cm³/mol. The fourth-order valence-electron chi connectivity index (χ4n) is 1.70. The smallest absolute Gasteiger partial charge is 0.361 e. The Morgan fingerprint density at radius 1 is 1.35 bits per heavy atom. The first kappa shape index (κ1) is 14.8. The first-order chi connectivity index (χ1) is 9.41. The van der Waals surface area contributed by atoms with Gasteiger partial charge in [0, 0.05) is 17.3 Å². The van der Waals surface area contributed by atoms with Gasteiger partial charge < -0.3 is 5.32 Å². The zero-order valence-corrected chi connectivity index (χ0v) is 11.8. The molecule has 108 valence electrons. The van der Waals surface area contributed by atoms with Crippen molar-refractivity contribution in [2.75, 3.05) is 5.32 Å². The summed E-state index contributed by atoms with van der Waals surface area (Å²) in [6, 6.07) is 1.97. The highest BCUT2D eigenvalue weighted by atomic mass is 32.1. The van der Waals surface area contributed by atoms with Gasteiger partial charge in [-0.25, -0.2) is 9.97 Å². The molecular weight excluding hydrogens is 287 g/mol. The summed E-state index contributed by atoms with van der Waals surface area (Å²) < 4.78 is 38.6. The van der Waals surface area contributed by atoms with Gasteiger partial charge in [-0.15, -0.1) is 11.3 Å². The van der Waals surface area contributed by atoms with Crippen molar-refractivity contribution in [3.63, 3.8) is 0 Å². The third-order valence-electron chi connectivity index (χ3n) is 2.76. The third kappa shape index (κ3) is 3.27. The van der Waals surface area contributed by atoms with E-state index in [0.717, 1.165) is 22.4 Å². The minimum Gasteiger partial charge on any atom is -0.361 e. The van der Waals surface area contributed by atoms with Crippen LogP contribution in [-0.2, 0) is 12.6 Å². The van der Waals surface area contributed by atoms with Crippen molar-refractivity contribution in [1.82, 2.24) is 9.97 Å². The van der Waals surface area contributed by atoms with Crippen molar-refractivity contribution >= 4 is 17.2 Å². The van der Waals surface area contributed by atoms with Crippen LogP contribution >= 0.6 is 11.3 Å². The number of hydrogen-bond donors (Lipinski definition) is 1. The van der Waals surface area contributed by atoms with E-state index in [4.69, 9.17) is 0 Å². The summed E-state index contributed by atoms with van der Waals surface area (Å²) in [4.78, 5) is 9.11. The maximum absolute atomic E-state index is 12.9. The Labute approximate surface area is 118 Å². The molecule has 2 aromatic rings. The van der Waals surface area contributed by atoms with Crippen LogP contribution in [0.5, 0.6) is 0 Å². The normalized spacial score (nSPS) is 13.2. The molecule has 0 amide bonds. The number of rotatable bonds is 4. The Hall–Kier alpha value is -1.63. The monoisotopic (exact) mass is 301 g/mol. The Morgan fingerprint density at radius 3 is 2.70 bits per heavy atom. The number of anilines is 1. The number of aryl methyl sites for hydroxylation is 1. The topological polar surface area (TPSA) is 37.8 Å². The molecule has 1 atom stereocenters.